The third-order valence-corrected chi connectivity index (χ3v) is 7.33. The zero-order valence-electron chi connectivity index (χ0n) is 19.2. The molecule has 0 unspecified atom stereocenters. The number of hydrogen-bond donors (Lipinski definition) is 0. The van der Waals surface area contributed by atoms with Gasteiger partial charge in [-0.1, -0.05) is 48.5 Å². The number of rotatable bonds is 4. The molecule has 1 aliphatic heterocycles. The van der Waals surface area contributed by atoms with Gasteiger partial charge in [0.2, 0.25) is 0 Å². The van der Waals surface area contributed by atoms with Gasteiger partial charge >= 0.3 is 0 Å². The molecule has 0 fully saturated rings. The third kappa shape index (κ3) is 3.22. The van der Waals surface area contributed by atoms with Crippen LogP contribution in [-0.2, 0) is 5.60 Å². The van der Waals surface area contributed by atoms with Crippen molar-refractivity contribution in [2.75, 3.05) is 14.2 Å². The number of halogens is 1. The van der Waals surface area contributed by atoms with E-state index in [-0.39, 0.29) is 5.78 Å². The first-order valence-electron chi connectivity index (χ1n) is 11.2. The average Bonchev–Trinajstić information content (AvgIpc) is 3.20. The molecule has 0 saturated heterocycles. The lowest BCUT2D eigenvalue weighted by Crippen LogP contribution is -2.34. The minimum atomic E-state index is -0.906. The Morgan fingerprint density at radius 3 is 1.91 bits per heavy atom. The smallest absolute Gasteiger partial charge is 0.195 e. The predicted octanol–water partition coefficient (Wildman–Crippen LogP) is 7.03. The lowest BCUT2D eigenvalue weighted by molar-refractivity contribution is 0.104. The molecule has 4 aromatic rings. The van der Waals surface area contributed by atoms with E-state index in [4.69, 9.17) is 14.2 Å². The van der Waals surface area contributed by atoms with E-state index in [1.165, 1.54) is 0 Å². The summed E-state index contributed by atoms with van der Waals surface area (Å²) in [6.45, 7) is 0. The highest BCUT2D eigenvalue weighted by molar-refractivity contribution is 9.10. The van der Waals surface area contributed by atoms with Gasteiger partial charge in [-0.3, -0.25) is 4.79 Å². The zero-order valence-corrected chi connectivity index (χ0v) is 20.8. The summed E-state index contributed by atoms with van der Waals surface area (Å²) in [5.74, 6) is 2.19. The van der Waals surface area contributed by atoms with Crippen LogP contribution in [0.4, 0.5) is 0 Å². The maximum absolute atomic E-state index is 13.4. The van der Waals surface area contributed by atoms with Crippen molar-refractivity contribution in [1.29, 1.82) is 0 Å². The van der Waals surface area contributed by atoms with Crippen LogP contribution >= 0.6 is 15.9 Å². The van der Waals surface area contributed by atoms with Crippen molar-refractivity contribution in [3.8, 4) is 28.4 Å². The number of hydrogen-bond acceptors (Lipinski definition) is 4. The molecule has 0 N–H and O–H groups in total. The number of methoxy groups -OCH3 is 2. The summed E-state index contributed by atoms with van der Waals surface area (Å²) in [5, 5.41) is 0. The molecule has 4 nitrogen and oxygen atoms in total. The van der Waals surface area contributed by atoms with Gasteiger partial charge in [0.05, 0.1) is 18.7 Å². The number of benzene rings is 4. The maximum atomic E-state index is 13.4. The molecule has 6 rings (SSSR count). The van der Waals surface area contributed by atoms with Gasteiger partial charge in [0.15, 0.2) is 11.4 Å². The van der Waals surface area contributed by atoms with Gasteiger partial charge < -0.3 is 14.2 Å². The molecule has 0 spiro atoms. The summed E-state index contributed by atoms with van der Waals surface area (Å²) >= 11 is 3.74. The lowest BCUT2D eigenvalue weighted by Gasteiger charge is -2.37. The Morgan fingerprint density at radius 1 is 0.771 bits per heavy atom. The van der Waals surface area contributed by atoms with E-state index in [2.05, 4.69) is 15.9 Å². The highest BCUT2D eigenvalue weighted by Gasteiger charge is 2.41. The lowest BCUT2D eigenvalue weighted by atomic mass is 9.82. The molecule has 172 valence electrons. The Morgan fingerprint density at radius 2 is 1.34 bits per heavy atom. The molecular formula is C30H21BrO4. The van der Waals surface area contributed by atoms with Crippen LogP contribution < -0.4 is 14.2 Å². The molecule has 0 radical (unpaired) electrons. The van der Waals surface area contributed by atoms with Crippen molar-refractivity contribution < 1.29 is 19.0 Å². The largest absolute Gasteiger partial charge is 0.497 e. The summed E-state index contributed by atoms with van der Waals surface area (Å²) in [7, 11) is 3.29. The van der Waals surface area contributed by atoms with E-state index in [1.807, 2.05) is 91.0 Å². The average molecular weight is 525 g/mol. The van der Waals surface area contributed by atoms with Gasteiger partial charge in [-0.2, -0.15) is 0 Å². The summed E-state index contributed by atoms with van der Waals surface area (Å²) in [6, 6.07) is 25.4. The number of fused-ring (bicyclic) bond motifs is 5. The van der Waals surface area contributed by atoms with Crippen molar-refractivity contribution in [1.82, 2.24) is 0 Å². The van der Waals surface area contributed by atoms with E-state index < -0.39 is 5.60 Å². The summed E-state index contributed by atoms with van der Waals surface area (Å²) in [5.41, 5.74) is 5.03. The monoisotopic (exact) mass is 524 g/mol. The van der Waals surface area contributed by atoms with E-state index >= 15 is 0 Å². The van der Waals surface area contributed by atoms with Crippen molar-refractivity contribution >= 4 is 27.8 Å². The molecule has 35 heavy (non-hydrogen) atoms. The number of ketones is 1. The fraction of sp³-hybridized carbons (Fsp3) is 0.100. The van der Waals surface area contributed by atoms with Crippen molar-refractivity contribution in [2.24, 2.45) is 0 Å². The van der Waals surface area contributed by atoms with Crippen LogP contribution in [0.25, 0.3) is 17.2 Å². The molecule has 1 heterocycles. The van der Waals surface area contributed by atoms with Crippen LogP contribution in [0.15, 0.2) is 89.4 Å². The van der Waals surface area contributed by atoms with Gasteiger partial charge in [-0.05, 0) is 69.5 Å². The van der Waals surface area contributed by atoms with E-state index in [0.29, 0.717) is 11.3 Å². The molecule has 0 aromatic heterocycles. The predicted molar refractivity (Wildman–Crippen MR) is 139 cm³/mol. The molecule has 4 aromatic carbocycles. The van der Waals surface area contributed by atoms with Crippen molar-refractivity contribution in [3.05, 3.63) is 117 Å². The summed E-state index contributed by atoms with van der Waals surface area (Å²) in [6.07, 6.45) is 4.04. The van der Waals surface area contributed by atoms with Crippen LogP contribution in [0, 0.1) is 0 Å². The minimum Gasteiger partial charge on any atom is -0.497 e. The van der Waals surface area contributed by atoms with E-state index in [9.17, 15) is 4.79 Å². The van der Waals surface area contributed by atoms with Gasteiger partial charge in [-0.15, -0.1) is 0 Å². The van der Waals surface area contributed by atoms with E-state index in [1.54, 1.807) is 14.2 Å². The Bertz CT molecular complexity index is 1450. The van der Waals surface area contributed by atoms with Gasteiger partial charge in [0.25, 0.3) is 0 Å². The van der Waals surface area contributed by atoms with Crippen LogP contribution in [0.5, 0.6) is 17.2 Å². The van der Waals surface area contributed by atoms with Gasteiger partial charge in [0, 0.05) is 27.8 Å². The molecule has 1 aliphatic carbocycles. The Labute approximate surface area is 211 Å². The van der Waals surface area contributed by atoms with Gasteiger partial charge in [-0.25, -0.2) is 0 Å². The number of carbonyl (C=O) groups is 1. The highest BCUT2D eigenvalue weighted by Crippen LogP contribution is 2.51. The third-order valence-electron chi connectivity index (χ3n) is 6.75. The highest BCUT2D eigenvalue weighted by atomic mass is 79.9. The maximum Gasteiger partial charge on any atom is 0.195 e. The molecule has 0 saturated carbocycles. The first-order chi connectivity index (χ1) is 17.1. The Balaban J connectivity index is 1.55. The van der Waals surface area contributed by atoms with Crippen LogP contribution in [0.3, 0.4) is 0 Å². The molecule has 2 aliphatic rings. The first kappa shape index (κ1) is 21.7. The number of ether oxygens (including phenoxy) is 3. The van der Waals surface area contributed by atoms with Crippen molar-refractivity contribution in [3.63, 3.8) is 0 Å². The topological polar surface area (TPSA) is 44.8 Å². The second-order valence-corrected chi connectivity index (χ2v) is 9.38. The quantitative estimate of drug-likeness (QED) is 0.253. The van der Waals surface area contributed by atoms with Crippen LogP contribution in [-0.4, -0.2) is 20.0 Å². The minimum absolute atomic E-state index is 0.0222. The SMILES string of the molecule is COc1ccc(C2(c3ccc(OC)cc3)C=Cc3c(c(Br)cc4c3C(=O)c3ccccc3-4)O2)cc1. The first-order valence-corrected chi connectivity index (χ1v) is 12.0. The Hall–Kier alpha value is -3.83. The molecule has 0 bridgehead atoms. The molecule has 5 heteroatoms. The van der Waals surface area contributed by atoms with E-state index in [0.717, 1.165) is 49.4 Å². The number of carbonyl (C=O) groups excluding carboxylic acids is 1. The molecular weight excluding hydrogens is 504 g/mol. The molecule has 0 amide bonds. The van der Waals surface area contributed by atoms with Crippen LogP contribution in [0.2, 0.25) is 0 Å². The molecule has 0 atom stereocenters. The summed E-state index contributed by atoms with van der Waals surface area (Å²) < 4.78 is 18.4. The fourth-order valence-corrected chi connectivity index (χ4v) is 5.50. The normalized spacial score (nSPS) is 14.5. The summed E-state index contributed by atoms with van der Waals surface area (Å²) in [4.78, 5) is 13.4. The second kappa shape index (κ2) is 8.14. The second-order valence-electron chi connectivity index (χ2n) is 8.53. The standard InChI is InChI=1S/C30H21BrO4/c1-33-20-11-7-18(8-12-20)30(19-9-13-21(34-2)14-10-19)16-15-24-27-25(17-26(31)29(24)35-30)22-5-3-4-6-23(22)28(27)32/h3-17H,1-2H3. The van der Waals surface area contributed by atoms with Crippen LogP contribution in [0.1, 0.15) is 32.6 Å². The zero-order chi connectivity index (χ0) is 24.2. The fourth-order valence-electron chi connectivity index (χ4n) is 4.97. The van der Waals surface area contributed by atoms with Gasteiger partial charge in [0.1, 0.15) is 17.2 Å². The Kier molecular flexibility index (Phi) is 5.04. The van der Waals surface area contributed by atoms with Crippen molar-refractivity contribution in [2.45, 2.75) is 5.60 Å².